The van der Waals surface area contributed by atoms with Crippen LogP contribution in [0.5, 0.6) is 0 Å². The molecule has 1 saturated carbocycles. The average Bonchev–Trinajstić information content (AvgIpc) is 2.81. The van der Waals surface area contributed by atoms with Crippen molar-refractivity contribution >= 4 is 11.8 Å². The summed E-state index contributed by atoms with van der Waals surface area (Å²) in [5.41, 5.74) is 9.69. The van der Waals surface area contributed by atoms with E-state index in [-0.39, 0.29) is 6.04 Å². The number of nitrogens with zero attached hydrogens (tertiary/aromatic N) is 1. The molecule has 0 radical (unpaired) electrons. The molecule has 0 amide bonds. The van der Waals surface area contributed by atoms with E-state index in [0.29, 0.717) is 11.5 Å². The molecule has 1 aromatic rings. The molecule has 1 fully saturated rings. The van der Waals surface area contributed by atoms with Crippen LogP contribution in [0.15, 0.2) is 12.3 Å². The molecule has 3 atom stereocenters. The zero-order valence-corrected chi connectivity index (χ0v) is 13.9. The molecule has 3 heteroatoms. The summed E-state index contributed by atoms with van der Waals surface area (Å²) in [7, 11) is 0. The summed E-state index contributed by atoms with van der Waals surface area (Å²) in [6.07, 6.45) is 12.4. The molecule has 2 aliphatic carbocycles. The molecule has 1 aromatic heterocycles. The summed E-state index contributed by atoms with van der Waals surface area (Å²) in [5.74, 6) is 0. The van der Waals surface area contributed by atoms with E-state index in [9.17, 15) is 0 Å². The topological polar surface area (TPSA) is 30.9 Å². The monoisotopic (exact) mass is 292 g/mol. The maximum Gasteiger partial charge on any atom is 0.0452 e. The van der Waals surface area contributed by atoms with Gasteiger partial charge in [-0.2, -0.15) is 11.8 Å². The van der Waals surface area contributed by atoms with Crippen molar-refractivity contribution in [3.05, 3.63) is 23.5 Å². The van der Waals surface area contributed by atoms with Gasteiger partial charge in [0.1, 0.15) is 0 Å². The first kappa shape index (κ1) is 14.5. The predicted octanol–water partition coefficient (Wildman–Crippen LogP) is 4.31. The van der Waals surface area contributed by atoms with Crippen molar-refractivity contribution in [1.82, 2.24) is 4.57 Å². The van der Waals surface area contributed by atoms with E-state index in [4.69, 9.17) is 5.73 Å². The smallest absolute Gasteiger partial charge is 0.0452 e. The molecule has 0 spiro atoms. The van der Waals surface area contributed by atoms with Crippen LogP contribution in [0, 0.1) is 5.41 Å². The molecule has 112 valence electrons. The number of thioether (sulfide) groups is 1. The van der Waals surface area contributed by atoms with Crippen molar-refractivity contribution in [2.24, 2.45) is 11.1 Å². The minimum Gasteiger partial charge on any atom is -0.347 e. The van der Waals surface area contributed by atoms with E-state index in [0.717, 1.165) is 11.7 Å². The van der Waals surface area contributed by atoms with Crippen molar-refractivity contribution in [3.63, 3.8) is 0 Å². The highest BCUT2D eigenvalue weighted by molar-refractivity contribution is 7.99. The highest BCUT2D eigenvalue weighted by Gasteiger charge is 2.35. The van der Waals surface area contributed by atoms with Gasteiger partial charge in [-0.25, -0.2) is 0 Å². The van der Waals surface area contributed by atoms with Crippen LogP contribution in [0.4, 0.5) is 0 Å². The van der Waals surface area contributed by atoms with Crippen LogP contribution in [-0.2, 0) is 6.42 Å². The molecule has 2 N–H and O–H groups in total. The van der Waals surface area contributed by atoms with Crippen molar-refractivity contribution in [2.75, 3.05) is 6.26 Å². The molecule has 20 heavy (non-hydrogen) atoms. The number of aromatic nitrogens is 1. The maximum absolute atomic E-state index is 6.41. The molecule has 0 bridgehead atoms. The summed E-state index contributed by atoms with van der Waals surface area (Å²) in [4.78, 5) is 0. The zero-order valence-electron chi connectivity index (χ0n) is 13.1. The number of rotatable bonds is 2. The second-order valence-corrected chi connectivity index (χ2v) is 8.48. The van der Waals surface area contributed by atoms with Gasteiger partial charge < -0.3 is 10.3 Å². The van der Waals surface area contributed by atoms with Crippen LogP contribution in [0.25, 0.3) is 0 Å². The second-order valence-electron chi connectivity index (χ2n) is 7.40. The van der Waals surface area contributed by atoms with Gasteiger partial charge in [-0.15, -0.1) is 0 Å². The third kappa shape index (κ3) is 2.55. The zero-order chi connectivity index (χ0) is 14.3. The van der Waals surface area contributed by atoms with Gasteiger partial charge in [0, 0.05) is 29.2 Å². The lowest BCUT2D eigenvalue weighted by atomic mass is 9.74. The molecule has 2 nitrogen and oxygen atoms in total. The minimum atomic E-state index is 0.228. The molecule has 1 heterocycles. The van der Waals surface area contributed by atoms with E-state index in [1.807, 2.05) is 0 Å². The van der Waals surface area contributed by atoms with Gasteiger partial charge in [-0.05, 0) is 49.0 Å². The van der Waals surface area contributed by atoms with Crippen molar-refractivity contribution in [3.8, 4) is 0 Å². The van der Waals surface area contributed by atoms with Gasteiger partial charge in [-0.3, -0.25) is 0 Å². The van der Waals surface area contributed by atoms with Crippen molar-refractivity contribution in [2.45, 2.75) is 69.7 Å². The Kier molecular flexibility index (Phi) is 3.93. The van der Waals surface area contributed by atoms with Crippen molar-refractivity contribution < 1.29 is 0 Å². The van der Waals surface area contributed by atoms with Gasteiger partial charge in [0.25, 0.3) is 0 Å². The summed E-state index contributed by atoms with van der Waals surface area (Å²) >= 11 is 2.05. The lowest BCUT2D eigenvalue weighted by molar-refractivity contribution is 0.265. The highest BCUT2D eigenvalue weighted by atomic mass is 32.2. The van der Waals surface area contributed by atoms with Gasteiger partial charge in [-0.1, -0.05) is 26.7 Å². The lowest BCUT2D eigenvalue weighted by Gasteiger charge is -2.38. The van der Waals surface area contributed by atoms with Gasteiger partial charge in [0.05, 0.1) is 0 Å². The molecule has 0 aromatic carbocycles. The Labute approximate surface area is 127 Å². The first-order valence-corrected chi connectivity index (χ1v) is 9.28. The summed E-state index contributed by atoms with van der Waals surface area (Å²) in [5, 5.41) is 0.779. The third-order valence-electron chi connectivity index (χ3n) is 5.21. The van der Waals surface area contributed by atoms with Crippen LogP contribution < -0.4 is 5.73 Å². The predicted molar refractivity (Wildman–Crippen MR) is 88.3 cm³/mol. The normalized spacial score (nSPS) is 32.9. The van der Waals surface area contributed by atoms with E-state index in [2.05, 4.69) is 48.7 Å². The average molecular weight is 292 g/mol. The summed E-state index contributed by atoms with van der Waals surface area (Å²) in [6.45, 7) is 4.72. The Morgan fingerprint density at radius 3 is 2.80 bits per heavy atom. The van der Waals surface area contributed by atoms with Crippen LogP contribution >= 0.6 is 11.8 Å². The van der Waals surface area contributed by atoms with Crippen molar-refractivity contribution in [1.29, 1.82) is 0 Å². The molecule has 3 rings (SSSR count). The van der Waals surface area contributed by atoms with E-state index in [1.54, 1.807) is 0 Å². The fourth-order valence-corrected chi connectivity index (χ4v) is 5.22. The summed E-state index contributed by atoms with van der Waals surface area (Å²) in [6, 6.07) is 3.20. The van der Waals surface area contributed by atoms with Gasteiger partial charge in [0.15, 0.2) is 0 Å². The number of hydrogen-bond donors (Lipinski definition) is 1. The Morgan fingerprint density at radius 2 is 2.05 bits per heavy atom. The number of nitrogens with two attached hydrogens (primary N) is 1. The minimum absolute atomic E-state index is 0.228. The number of fused-ring (bicyclic) bond motifs is 1. The molecular formula is C17H28N2S. The Morgan fingerprint density at radius 1 is 1.30 bits per heavy atom. The SMILES string of the molecule is CSC1CCCCC1n1ccc2c1CC(C)(C)CC2N. The first-order valence-electron chi connectivity index (χ1n) is 8.00. The van der Waals surface area contributed by atoms with Crippen LogP contribution in [0.1, 0.15) is 69.3 Å². The lowest BCUT2D eigenvalue weighted by Crippen LogP contribution is -2.33. The fraction of sp³-hybridized carbons (Fsp3) is 0.765. The first-order chi connectivity index (χ1) is 9.52. The Bertz CT molecular complexity index is 477. The molecule has 0 saturated heterocycles. The fourth-order valence-electron chi connectivity index (χ4n) is 4.24. The quantitative estimate of drug-likeness (QED) is 0.880. The van der Waals surface area contributed by atoms with E-state index >= 15 is 0 Å². The van der Waals surface area contributed by atoms with Gasteiger partial charge in [0.2, 0.25) is 0 Å². The summed E-state index contributed by atoms with van der Waals surface area (Å²) < 4.78 is 2.59. The molecule has 0 aliphatic heterocycles. The van der Waals surface area contributed by atoms with Crippen LogP contribution in [0.2, 0.25) is 0 Å². The van der Waals surface area contributed by atoms with Crippen LogP contribution in [0.3, 0.4) is 0 Å². The Balaban J connectivity index is 1.95. The van der Waals surface area contributed by atoms with Crippen LogP contribution in [-0.4, -0.2) is 16.1 Å². The number of hydrogen-bond acceptors (Lipinski definition) is 2. The molecular weight excluding hydrogens is 264 g/mol. The standard InChI is InChI=1S/C17H28N2S/c1-17(2)10-13(18)12-8-9-19(15(12)11-17)14-6-4-5-7-16(14)20-3/h8-9,13-14,16H,4-7,10-11,18H2,1-3H3. The highest BCUT2D eigenvalue weighted by Crippen LogP contribution is 2.43. The largest absolute Gasteiger partial charge is 0.347 e. The third-order valence-corrected chi connectivity index (χ3v) is 6.36. The maximum atomic E-state index is 6.41. The van der Waals surface area contributed by atoms with Gasteiger partial charge >= 0.3 is 0 Å². The Hall–Kier alpha value is -0.410. The molecule has 2 aliphatic rings. The van der Waals surface area contributed by atoms with E-state index < -0.39 is 0 Å². The second kappa shape index (κ2) is 5.42. The van der Waals surface area contributed by atoms with E-state index in [1.165, 1.54) is 43.4 Å². The molecule has 3 unspecified atom stereocenters.